The SMILES string of the molecule is O=C1NC2CC(CCc3cc(ccn3)Nc3cc([nH]n3)[C@H]3CC[C@H](C3)O1)C2. The Kier molecular flexibility index (Phi) is 4.22. The van der Waals surface area contributed by atoms with Crippen LogP contribution in [-0.2, 0) is 11.2 Å². The van der Waals surface area contributed by atoms with Crippen LogP contribution in [-0.4, -0.2) is 33.4 Å². The maximum absolute atomic E-state index is 12.2. The first kappa shape index (κ1) is 16.6. The van der Waals surface area contributed by atoms with Gasteiger partial charge in [0.1, 0.15) is 6.10 Å². The number of aromatic nitrogens is 3. The zero-order chi connectivity index (χ0) is 18.2. The van der Waals surface area contributed by atoms with Crippen LogP contribution in [0.15, 0.2) is 24.4 Å². The molecule has 0 saturated heterocycles. The summed E-state index contributed by atoms with van der Waals surface area (Å²) in [7, 11) is 0. The summed E-state index contributed by atoms with van der Waals surface area (Å²) in [5.41, 5.74) is 3.21. The lowest BCUT2D eigenvalue weighted by atomic mass is 9.77. The third-order valence-electron chi connectivity index (χ3n) is 6.15. The van der Waals surface area contributed by atoms with E-state index in [9.17, 15) is 4.79 Å². The van der Waals surface area contributed by atoms with Crippen LogP contribution in [0.5, 0.6) is 0 Å². The Hall–Kier alpha value is -2.57. The lowest BCUT2D eigenvalue weighted by Gasteiger charge is -2.35. The van der Waals surface area contributed by atoms with E-state index in [4.69, 9.17) is 4.74 Å². The summed E-state index contributed by atoms with van der Waals surface area (Å²) in [5.74, 6) is 1.82. The third-order valence-corrected chi connectivity index (χ3v) is 6.15. The molecule has 0 aromatic carbocycles. The molecule has 2 aliphatic carbocycles. The van der Waals surface area contributed by atoms with Crippen molar-refractivity contribution < 1.29 is 9.53 Å². The maximum Gasteiger partial charge on any atom is 0.407 e. The van der Waals surface area contributed by atoms with Crippen LogP contribution in [0.25, 0.3) is 0 Å². The first-order valence-electron chi connectivity index (χ1n) is 9.95. The van der Waals surface area contributed by atoms with Crippen molar-refractivity contribution in [3.63, 3.8) is 0 Å². The lowest BCUT2D eigenvalue weighted by molar-refractivity contribution is 0.0875. The number of rotatable bonds is 0. The van der Waals surface area contributed by atoms with Crippen molar-refractivity contribution in [2.24, 2.45) is 5.92 Å². The molecule has 4 heterocycles. The van der Waals surface area contributed by atoms with Gasteiger partial charge in [-0.15, -0.1) is 0 Å². The normalized spacial score (nSPS) is 30.1. The number of carbonyl (C=O) groups excluding carboxylic acids is 1. The van der Waals surface area contributed by atoms with E-state index in [-0.39, 0.29) is 18.2 Å². The van der Waals surface area contributed by atoms with Gasteiger partial charge in [0.2, 0.25) is 0 Å². The molecule has 6 rings (SSSR count). The molecule has 4 aliphatic rings. The van der Waals surface area contributed by atoms with Gasteiger partial charge >= 0.3 is 6.09 Å². The monoisotopic (exact) mass is 367 g/mol. The summed E-state index contributed by atoms with van der Waals surface area (Å²) in [4.78, 5) is 16.7. The number of hydrogen-bond acceptors (Lipinski definition) is 5. The number of nitrogens with zero attached hydrogens (tertiary/aromatic N) is 2. The van der Waals surface area contributed by atoms with Gasteiger partial charge in [0.05, 0.1) is 0 Å². The number of nitrogens with one attached hydrogen (secondary N) is 3. The number of carbonyl (C=O) groups is 1. The second-order valence-corrected chi connectivity index (χ2v) is 8.12. The molecule has 2 aromatic rings. The van der Waals surface area contributed by atoms with Crippen molar-refractivity contribution in [2.75, 3.05) is 5.32 Å². The van der Waals surface area contributed by atoms with Gasteiger partial charge in [0, 0.05) is 41.3 Å². The molecular weight excluding hydrogens is 342 g/mol. The largest absolute Gasteiger partial charge is 0.446 e. The number of alkyl carbamates (subject to hydrolysis) is 1. The molecule has 7 nitrogen and oxygen atoms in total. The molecule has 8 bridgehead atoms. The first-order chi connectivity index (χ1) is 13.2. The Balaban J connectivity index is 1.36. The minimum atomic E-state index is -0.258. The van der Waals surface area contributed by atoms with E-state index in [1.807, 2.05) is 12.3 Å². The van der Waals surface area contributed by atoms with E-state index in [0.29, 0.717) is 11.8 Å². The van der Waals surface area contributed by atoms with Gasteiger partial charge in [-0.1, -0.05) is 0 Å². The maximum atomic E-state index is 12.2. The highest BCUT2D eigenvalue weighted by atomic mass is 16.6. The number of pyridine rings is 1. The van der Waals surface area contributed by atoms with Crippen LogP contribution in [0.2, 0.25) is 0 Å². The molecule has 0 radical (unpaired) electrons. The predicted molar refractivity (Wildman–Crippen MR) is 101 cm³/mol. The molecule has 7 heteroatoms. The summed E-state index contributed by atoms with van der Waals surface area (Å²) in [6.45, 7) is 0. The second-order valence-electron chi connectivity index (χ2n) is 8.12. The molecule has 27 heavy (non-hydrogen) atoms. The summed E-state index contributed by atoms with van der Waals surface area (Å²) in [5, 5.41) is 14.0. The minimum Gasteiger partial charge on any atom is -0.446 e. The number of H-pyrrole nitrogens is 1. The number of aryl methyl sites for hydroxylation is 1. The molecule has 2 atom stereocenters. The molecule has 2 saturated carbocycles. The van der Waals surface area contributed by atoms with Gasteiger partial charge in [-0.25, -0.2) is 4.79 Å². The topological polar surface area (TPSA) is 91.9 Å². The Morgan fingerprint density at radius 3 is 2.96 bits per heavy atom. The first-order valence-corrected chi connectivity index (χ1v) is 9.95. The van der Waals surface area contributed by atoms with E-state index >= 15 is 0 Å². The number of amides is 1. The van der Waals surface area contributed by atoms with Gasteiger partial charge in [-0.05, 0) is 63.0 Å². The molecule has 142 valence electrons. The third kappa shape index (κ3) is 3.63. The Labute approximate surface area is 158 Å². The molecule has 0 spiro atoms. The van der Waals surface area contributed by atoms with E-state index in [1.165, 1.54) is 0 Å². The van der Waals surface area contributed by atoms with Crippen molar-refractivity contribution in [3.05, 3.63) is 35.8 Å². The van der Waals surface area contributed by atoms with Crippen LogP contribution in [0.3, 0.4) is 0 Å². The molecule has 3 N–H and O–H groups in total. The standard InChI is InChI=1S/C20H25N5O2/c26-20-23-16-7-12(8-16)1-3-14-10-15(5-6-21-14)22-19-11-18(24-25-19)13-2-4-17(9-13)27-20/h5-6,10-13,16-17H,1-4,7-9H2,(H,23,26)(H2,22,24,25)/t12?,13-,16?,17+/m0/s1. The molecule has 1 amide bonds. The Morgan fingerprint density at radius 2 is 2.04 bits per heavy atom. The fraction of sp³-hybridized carbons (Fsp3) is 0.550. The van der Waals surface area contributed by atoms with Crippen molar-refractivity contribution in [1.29, 1.82) is 0 Å². The van der Waals surface area contributed by atoms with Crippen LogP contribution in [0.1, 0.15) is 55.8 Å². The van der Waals surface area contributed by atoms with Crippen LogP contribution >= 0.6 is 0 Å². The summed E-state index contributed by atoms with van der Waals surface area (Å²) < 4.78 is 5.65. The van der Waals surface area contributed by atoms with Crippen LogP contribution in [0.4, 0.5) is 16.3 Å². The van der Waals surface area contributed by atoms with E-state index < -0.39 is 0 Å². The highest BCUT2D eigenvalue weighted by molar-refractivity contribution is 5.68. The van der Waals surface area contributed by atoms with Gasteiger partial charge in [0.25, 0.3) is 0 Å². The smallest absolute Gasteiger partial charge is 0.407 e. The number of ether oxygens (including phenoxy) is 1. The fourth-order valence-corrected chi connectivity index (χ4v) is 4.57. The molecule has 0 unspecified atom stereocenters. The number of anilines is 2. The van der Waals surface area contributed by atoms with E-state index in [2.05, 4.69) is 37.9 Å². The molecule has 2 aliphatic heterocycles. The van der Waals surface area contributed by atoms with Crippen molar-refractivity contribution >= 4 is 17.6 Å². The zero-order valence-electron chi connectivity index (χ0n) is 15.3. The average Bonchev–Trinajstić information content (AvgIpc) is 3.26. The van der Waals surface area contributed by atoms with Gasteiger partial charge in [0.15, 0.2) is 5.82 Å². The lowest BCUT2D eigenvalue weighted by Crippen LogP contribution is -2.45. The highest BCUT2D eigenvalue weighted by Crippen LogP contribution is 2.37. The molecule has 2 fully saturated rings. The molecule has 2 aromatic heterocycles. The number of aromatic amines is 1. The average molecular weight is 367 g/mol. The molecular formula is C20H25N5O2. The second kappa shape index (κ2) is 6.87. The summed E-state index contributed by atoms with van der Waals surface area (Å²) in [6.07, 6.45) is 8.47. The van der Waals surface area contributed by atoms with Gasteiger partial charge in [-0.2, -0.15) is 5.10 Å². The number of fused-ring (bicyclic) bond motifs is 3. The quantitative estimate of drug-likeness (QED) is 0.661. The Bertz CT molecular complexity index is 829. The van der Waals surface area contributed by atoms with Crippen molar-refractivity contribution in [3.8, 4) is 0 Å². The fourth-order valence-electron chi connectivity index (χ4n) is 4.57. The summed E-state index contributed by atoms with van der Waals surface area (Å²) in [6, 6.07) is 6.40. The Morgan fingerprint density at radius 1 is 1.11 bits per heavy atom. The van der Waals surface area contributed by atoms with Crippen molar-refractivity contribution in [2.45, 2.75) is 63.0 Å². The van der Waals surface area contributed by atoms with Crippen molar-refractivity contribution in [1.82, 2.24) is 20.5 Å². The van der Waals surface area contributed by atoms with E-state index in [1.54, 1.807) is 0 Å². The zero-order valence-corrected chi connectivity index (χ0v) is 15.3. The van der Waals surface area contributed by atoms with Gasteiger partial charge < -0.3 is 15.4 Å². The van der Waals surface area contributed by atoms with E-state index in [0.717, 1.165) is 67.8 Å². The minimum absolute atomic E-state index is 0.00720. The predicted octanol–water partition coefficient (Wildman–Crippen LogP) is 3.64. The highest BCUT2D eigenvalue weighted by Gasteiger charge is 2.33. The number of hydrogen-bond donors (Lipinski definition) is 3. The van der Waals surface area contributed by atoms with Crippen LogP contribution in [0, 0.1) is 5.92 Å². The van der Waals surface area contributed by atoms with Gasteiger partial charge in [-0.3, -0.25) is 10.1 Å². The summed E-state index contributed by atoms with van der Waals surface area (Å²) >= 11 is 0. The van der Waals surface area contributed by atoms with Crippen LogP contribution < -0.4 is 10.6 Å².